The highest BCUT2D eigenvalue weighted by Gasteiger charge is 2.40. The van der Waals surface area contributed by atoms with Crippen LogP contribution in [-0.4, -0.2) is 15.5 Å². The van der Waals surface area contributed by atoms with Gasteiger partial charge in [0.15, 0.2) is 0 Å². The van der Waals surface area contributed by atoms with Gasteiger partial charge >= 0.3 is 0 Å². The van der Waals surface area contributed by atoms with Crippen LogP contribution >= 0.6 is 0 Å². The summed E-state index contributed by atoms with van der Waals surface area (Å²) in [6, 6.07) is 6.23. The molecular weight excluding hydrogens is 298 g/mol. The van der Waals surface area contributed by atoms with Crippen molar-refractivity contribution >= 4 is 5.91 Å². The molecular formula is C20H21N3O. The van der Waals surface area contributed by atoms with Gasteiger partial charge in [0.1, 0.15) is 11.2 Å². The van der Waals surface area contributed by atoms with Crippen molar-refractivity contribution in [2.75, 3.05) is 0 Å². The zero-order valence-corrected chi connectivity index (χ0v) is 13.3. The number of aromatic nitrogens is 2. The topological polar surface area (TPSA) is 60.9 Å². The average Bonchev–Trinajstić information content (AvgIpc) is 3.12. The van der Waals surface area contributed by atoms with Crippen LogP contribution in [0.15, 0.2) is 72.9 Å². The summed E-state index contributed by atoms with van der Waals surface area (Å²) >= 11 is 0. The van der Waals surface area contributed by atoms with Crippen LogP contribution in [0.5, 0.6) is 0 Å². The number of carbonyl (C=O) groups is 1. The molecule has 0 bridgehead atoms. The maximum absolute atomic E-state index is 12.9. The smallest absolute Gasteiger partial charge is 0.232 e. The van der Waals surface area contributed by atoms with Gasteiger partial charge in [-0.2, -0.15) is 0 Å². The van der Waals surface area contributed by atoms with Gasteiger partial charge in [-0.3, -0.25) is 4.79 Å². The minimum absolute atomic E-state index is 0.109. The molecule has 4 nitrogen and oxygen atoms in total. The van der Waals surface area contributed by atoms with E-state index in [9.17, 15) is 4.79 Å². The number of aryl methyl sites for hydroxylation is 2. The summed E-state index contributed by atoms with van der Waals surface area (Å²) in [7, 11) is 0. The number of amides is 1. The first-order valence-electron chi connectivity index (χ1n) is 10.1. The minimum Gasteiger partial charge on any atom is -0.369 e. The highest BCUT2D eigenvalue weighted by Crippen LogP contribution is 2.36. The largest absolute Gasteiger partial charge is 0.369 e. The molecule has 1 amide bonds. The monoisotopic (exact) mass is 324 g/mol. The zero-order valence-electron chi connectivity index (χ0n) is 18.3. The number of carbonyl (C=O) groups excluding carboxylic acids is 1. The first-order valence-corrected chi connectivity index (χ1v) is 7.62. The zero-order chi connectivity index (χ0) is 21.3. The number of rotatable bonds is 6. The fourth-order valence-corrected chi connectivity index (χ4v) is 2.92. The minimum atomic E-state index is -1.61. The van der Waals surface area contributed by atoms with Crippen molar-refractivity contribution < 1.29 is 11.6 Å². The van der Waals surface area contributed by atoms with E-state index in [0.717, 1.165) is 5.82 Å². The van der Waals surface area contributed by atoms with Crippen molar-refractivity contribution in [1.82, 2.24) is 9.55 Å². The second-order valence-corrected chi connectivity index (χ2v) is 5.55. The lowest BCUT2D eigenvalue weighted by molar-refractivity contribution is -0.122. The molecule has 1 unspecified atom stereocenters. The Labute approximate surface area is 149 Å². The van der Waals surface area contributed by atoms with E-state index < -0.39 is 41.5 Å². The Hall–Kier alpha value is -2.88. The third-order valence-electron chi connectivity index (χ3n) is 4.27. The van der Waals surface area contributed by atoms with E-state index in [1.54, 1.807) is 42.7 Å². The van der Waals surface area contributed by atoms with Crippen molar-refractivity contribution in [2.24, 2.45) is 5.73 Å². The molecule has 1 aromatic heterocycles. The predicted molar refractivity (Wildman–Crippen MR) is 94.4 cm³/mol. The Morgan fingerprint density at radius 1 is 1.21 bits per heavy atom. The molecule has 0 saturated heterocycles. The molecule has 2 N–H and O–H groups in total. The quantitative estimate of drug-likeness (QED) is 0.757. The molecule has 3 aromatic rings. The molecule has 122 valence electrons. The molecule has 1 atom stereocenters. The number of imidazole rings is 1. The summed E-state index contributed by atoms with van der Waals surface area (Å²) in [4.78, 5) is 17.1. The predicted octanol–water partition coefficient (Wildman–Crippen LogP) is 3.05. The molecule has 0 fully saturated rings. The lowest BCUT2D eigenvalue weighted by Gasteiger charge is -2.32. The molecule has 4 heteroatoms. The summed E-state index contributed by atoms with van der Waals surface area (Å²) in [6.45, 7) is 2.14. The van der Waals surface area contributed by atoms with Gasteiger partial charge in [0.2, 0.25) is 5.91 Å². The highest BCUT2D eigenvalue weighted by molar-refractivity contribution is 5.90. The van der Waals surface area contributed by atoms with Crippen molar-refractivity contribution in [2.45, 2.75) is 25.3 Å². The lowest BCUT2D eigenvalue weighted by atomic mass is 9.71. The molecule has 0 aliphatic rings. The van der Waals surface area contributed by atoms with Gasteiger partial charge in [0.05, 0.1) is 6.85 Å². The molecule has 3 rings (SSSR count). The molecule has 24 heavy (non-hydrogen) atoms. The highest BCUT2D eigenvalue weighted by atomic mass is 16.1. The van der Waals surface area contributed by atoms with Crippen molar-refractivity contribution in [3.05, 3.63) is 89.9 Å². The lowest BCUT2D eigenvalue weighted by Crippen LogP contribution is -2.43. The summed E-state index contributed by atoms with van der Waals surface area (Å²) < 4.78 is 42.7. The van der Waals surface area contributed by atoms with Gasteiger partial charge in [-0.1, -0.05) is 60.5 Å². The number of nitrogens with zero attached hydrogens (tertiary/aromatic N) is 2. The molecule has 1 heterocycles. The van der Waals surface area contributed by atoms with E-state index in [-0.39, 0.29) is 12.0 Å². The van der Waals surface area contributed by atoms with E-state index in [2.05, 4.69) is 4.98 Å². The second-order valence-electron chi connectivity index (χ2n) is 5.55. The van der Waals surface area contributed by atoms with E-state index in [1.807, 2.05) is 11.5 Å². The second kappa shape index (κ2) is 6.71. The maximum Gasteiger partial charge on any atom is 0.232 e. The standard InChI is InChI=1S/C20H21N3O/c1-16-22-13-15-23(16)14-12-20(19(21)24,17-8-4-2-5-9-17)18-10-6-3-7-11-18/h2-11,13,15H,12,14H2,1H3,(H2,21,24)/i2D,4D,5D,8D,9D. The number of hydrogen-bond donors (Lipinski definition) is 1. The molecule has 0 spiro atoms. The molecule has 0 aliphatic heterocycles. The van der Waals surface area contributed by atoms with Crippen LogP contribution in [0.4, 0.5) is 0 Å². The number of primary amides is 1. The van der Waals surface area contributed by atoms with Crippen LogP contribution in [0.25, 0.3) is 0 Å². The maximum atomic E-state index is 12.9. The Kier molecular flexibility index (Phi) is 3.02. The fraction of sp³-hybridized carbons (Fsp3) is 0.200. The first kappa shape index (κ1) is 10.8. The van der Waals surface area contributed by atoms with Crippen LogP contribution in [-0.2, 0) is 16.8 Å². The third kappa shape index (κ3) is 2.83. The molecule has 0 saturated carbocycles. The molecule has 2 aromatic carbocycles. The first-order chi connectivity index (χ1) is 13.7. The van der Waals surface area contributed by atoms with Crippen LogP contribution < -0.4 is 5.73 Å². The Balaban J connectivity index is 2.32. The SMILES string of the molecule is [2H]c1c([2H])c([2H])c(C(CCn2ccnc2C)(C(N)=O)c2ccccc2)c([2H])c1[2H]. The average molecular weight is 324 g/mol. The van der Waals surface area contributed by atoms with E-state index in [0.29, 0.717) is 12.1 Å². The van der Waals surface area contributed by atoms with Gasteiger partial charge in [-0.15, -0.1) is 0 Å². The number of nitrogens with two attached hydrogens (primary N) is 1. The third-order valence-corrected chi connectivity index (χ3v) is 4.27. The van der Waals surface area contributed by atoms with Gasteiger partial charge in [-0.25, -0.2) is 4.98 Å². The van der Waals surface area contributed by atoms with Crippen LogP contribution in [0, 0.1) is 6.92 Å². The fourth-order valence-electron chi connectivity index (χ4n) is 2.92. The van der Waals surface area contributed by atoms with Crippen LogP contribution in [0.2, 0.25) is 0 Å². The van der Waals surface area contributed by atoms with E-state index in [4.69, 9.17) is 12.6 Å². The summed E-state index contributed by atoms with van der Waals surface area (Å²) in [5, 5.41) is 0. The van der Waals surface area contributed by atoms with Crippen molar-refractivity contribution in [1.29, 1.82) is 0 Å². The summed E-state index contributed by atoms with van der Waals surface area (Å²) in [6.07, 6.45) is 3.50. The van der Waals surface area contributed by atoms with Gasteiger partial charge in [0.25, 0.3) is 0 Å². The van der Waals surface area contributed by atoms with Gasteiger partial charge in [0, 0.05) is 18.9 Å². The van der Waals surface area contributed by atoms with Crippen molar-refractivity contribution in [3.63, 3.8) is 0 Å². The Bertz CT molecular complexity index is 1040. The summed E-state index contributed by atoms with van der Waals surface area (Å²) in [5.74, 6) is -0.0440. The normalized spacial score (nSPS) is 16.3. The van der Waals surface area contributed by atoms with Crippen molar-refractivity contribution in [3.8, 4) is 0 Å². The Morgan fingerprint density at radius 2 is 1.92 bits per heavy atom. The van der Waals surface area contributed by atoms with Crippen LogP contribution in [0.3, 0.4) is 0 Å². The van der Waals surface area contributed by atoms with Gasteiger partial charge < -0.3 is 10.3 Å². The molecule has 0 aliphatic carbocycles. The van der Waals surface area contributed by atoms with Crippen LogP contribution in [0.1, 0.15) is 30.2 Å². The number of hydrogen-bond acceptors (Lipinski definition) is 2. The Morgan fingerprint density at radius 3 is 2.50 bits per heavy atom. The van der Waals surface area contributed by atoms with E-state index in [1.165, 1.54) is 0 Å². The van der Waals surface area contributed by atoms with Gasteiger partial charge in [-0.05, 0) is 24.5 Å². The van der Waals surface area contributed by atoms with E-state index >= 15 is 0 Å². The summed E-state index contributed by atoms with van der Waals surface area (Å²) in [5.41, 5.74) is 4.65. The number of benzene rings is 2. The molecule has 0 radical (unpaired) electrons.